The molecule has 172 valence electrons. The topological polar surface area (TPSA) is 84.3 Å². The Hall–Kier alpha value is -2.65. The molecule has 0 bridgehead atoms. The molecule has 4 rings (SSSR count). The number of benzene rings is 1. The third-order valence-electron chi connectivity index (χ3n) is 5.81. The molecule has 2 aliphatic rings. The molecular weight excluding hydrogens is 428 g/mol. The normalized spacial score (nSPS) is 20.3. The number of pyridine rings is 1. The molecule has 1 fully saturated rings. The number of rotatable bonds is 9. The minimum Gasteiger partial charge on any atom is -0.490 e. The highest BCUT2D eigenvalue weighted by molar-refractivity contribution is 7.90. The van der Waals surface area contributed by atoms with Crippen LogP contribution in [0.3, 0.4) is 0 Å². The second kappa shape index (κ2) is 10.3. The largest absolute Gasteiger partial charge is 0.490 e. The number of anilines is 1. The summed E-state index contributed by atoms with van der Waals surface area (Å²) in [6.45, 7) is 3.99. The summed E-state index contributed by atoms with van der Waals surface area (Å²) in [5, 5.41) is 3.92. The molecule has 9 heteroatoms. The third-order valence-corrected chi connectivity index (χ3v) is 7.78. The zero-order chi connectivity index (χ0) is 22.4. The highest BCUT2D eigenvalue weighted by Crippen LogP contribution is 2.30. The van der Waals surface area contributed by atoms with E-state index < -0.39 is 10.2 Å². The van der Waals surface area contributed by atoms with Crippen LogP contribution in [0, 0.1) is 0 Å². The average Bonchev–Trinajstić information content (AvgIpc) is 3.11. The molecule has 1 saturated heterocycles. The Morgan fingerprint density at radius 2 is 2.06 bits per heavy atom. The smallest absolute Gasteiger partial charge is 0.304 e. The van der Waals surface area contributed by atoms with Crippen LogP contribution < -0.4 is 9.04 Å². The minimum atomic E-state index is -3.45. The molecule has 0 saturated carbocycles. The lowest BCUT2D eigenvalue weighted by Crippen LogP contribution is -2.33. The van der Waals surface area contributed by atoms with Crippen LogP contribution in [0.2, 0.25) is 0 Å². The number of fused-ring (bicyclic) bond motifs is 1. The lowest BCUT2D eigenvalue weighted by Gasteiger charge is -2.26. The van der Waals surface area contributed by atoms with E-state index in [4.69, 9.17) is 9.57 Å². The first kappa shape index (κ1) is 22.5. The van der Waals surface area contributed by atoms with Crippen LogP contribution >= 0.6 is 0 Å². The Labute approximate surface area is 190 Å². The van der Waals surface area contributed by atoms with Crippen LogP contribution in [0.4, 0.5) is 5.69 Å². The van der Waals surface area contributed by atoms with Gasteiger partial charge in [0.15, 0.2) is 0 Å². The average molecular weight is 459 g/mol. The summed E-state index contributed by atoms with van der Waals surface area (Å²) in [4.78, 5) is 8.99. The van der Waals surface area contributed by atoms with Gasteiger partial charge in [0.1, 0.15) is 12.4 Å². The van der Waals surface area contributed by atoms with Crippen molar-refractivity contribution in [1.29, 1.82) is 0 Å². The standard InChI is InChI=1S/C23H30N4O4S/c1-2-30-25-18-19-6-9-23-20(17-19)7-8-22(31-23)5-3-4-14-26-15-16-27(32(26,28)29)21-10-12-24-13-11-21/h6,9-13,17-18,22H,2-5,7-8,14-16H2,1H3. The van der Waals surface area contributed by atoms with Crippen molar-refractivity contribution in [3.05, 3.63) is 53.9 Å². The maximum atomic E-state index is 12.8. The zero-order valence-electron chi connectivity index (χ0n) is 18.4. The molecule has 0 N–H and O–H groups in total. The number of oxime groups is 1. The monoisotopic (exact) mass is 458 g/mol. The summed E-state index contributed by atoms with van der Waals surface area (Å²) in [7, 11) is -3.45. The van der Waals surface area contributed by atoms with Crippen LogP contribution in [0.15, 0.2) is 47.9 Å². The van der Waals surface area contributed by atoms with Crippen molar-refractivity contribution < 1.29 is 18.0 Å². The lowest BCUT2D eigenvalue weighted by atomic mass is 9.97. The Kier molecular flexibility index (Phi) is 7.26. The molecule has 8 nitrogen and oxygen atoms in total. The summed E-state index contributed by atoms with van der Waals surface area (Å²) in [5.74, 6) is 0.935. The number of nitrogens with zero attached hydrogens (tertiary/aromatic N) is 4. The summed E-state index contributed by atoms with van der Waals surface area (Å²) in [5.41, 5.74) is 2.87. The molecule has 0 amide bonds. The Morgan fingerprint density at radius 3 is 2.88 bits per heavy atom. The van der Waals surface area contributed by atoms with Gasteiger partial charge in [-0.25, -0.2) is 0 Å². The molecule has 0 radical (unpaired) electrons. The molecule has 1 unspecified atom stereocenters. The molecule has 0 spiro atoms. The Bertz CT molecular complexity index is 1030. The van der Waals surface area contributed by atoms with Gasteiger partial charge < -0.3 is 9.57 Å². The predicted molar refractivity (Wildman–Crippen MR) is 124 cm³/mol. The van der Waals surface area contributed by atoms with Gasteiger partial charge in [0.2, 0.25) is 0 Å². The summed E-state index contributed by atoms with van der Waals surface area (Å²) < 4.78 is 34.9. The van der Waals surface area contributed by atoms with Crippen LogP contribution in [-0.2, 0) is 21.5 Å². The zero-order valence-corrected chi connectivity index (χ0v) is 19.2. The van der Waals surface area contributed by atoms with Crippen LogP contribution in [0.5, 0.6) is 5.75 Å². The summed E-state index contributed by atoms with van der Waals surface area (Å²) >= 11 is 0. The predicted octanol–water partition coefficient (Wildman–Crippen LogP) is 3.38. The van der Waals surface area contributed by atoms with E-state index >= 15 is 0 Å². The molecular formula is C23H30N4O4S. The molecule has 3 heterocycles. The van der Waals surface area contributed by atoms with Gasteiger partial charge in [-0.2, -0.15) is 12.7 Å². The second-order valence-corrected chi connectivity index (χ2v) is 9.83. The number of hydrogen-bond acceptors (Lipinski definition) is 6. The number of unbranched alkanes of at least 4 members (excludes halogenated alkanes) is 1. The number of ether oxygens (including phenoxy) is 1. The maximum absolute atomic E-state index is 12.8. The first-order valence-electron chi connectivity index (χ1n) is 11.2. The van der Waals surface area contributed by atoms with Gasteiger partial charge in [-0.05, 0) is 80.5 Å². The minimum absolute atomic E-state index is 0.175. The first-order valence-corrected chi connectivity index (χ1v) is 12.6. The Balaban J connectivity index is 1.23. The summed E-state index contributed by atoms with van der Waals surface area (Å²) in [6.07, 6.45) is 9.75. The number of aromatic nitrogens is 1. The first-order chi connectivity index (χ1) is 15.6. The highest BCUT2D eigenvalue weighted by atomic mass is 32.2. The van der Waals surface area contributed by atoms with Crippen molar-refractivity contribution in [2.75, 3.05) is 30.5 Å². The van der Waals surface area contributed by atoms with Gasteiger partial charge in [0, 0.05) is 32.0 Å². The molecule has 2 aromatic rings. The van der Waals surface area contributed by atoms with Crippen LogP contribution in [0.1, 0.15) is 43.7 Å². The van der Waals surface area contributed by atoms with Crippen molar-refractivity contribution in [2.24, 2.45) is 5.16 Å². The highest BCUT2D eigenvalue weighted by Gasteiger charge is 2.36. The van der Waals surface area contributed by atoms with E-state index in [0.29, 0.717) is 31.9 Å². The van der Waals surface area contributed by atoms with Gasteiger partial charge in [0.25, 0.3) is 0 Å². The van der Waals surface area contributed by atoms with Gasteiger partial charge in [0.05, 0.1) is 18.0 Å². The molecule has 1 aromatic carbocycles. The van der Waals surface area contributed by atoms with Crippen LogP contribution in [0.25, 0.3) is 0 Å². The van der Waals surface area contributed by atoms with Gasteiger partial charge >= 0.3 is 10.2 Å². The summed E-state index contributed by atoms with van der Waals surface area (Å²) in [6, 6.07) is 9.54. The van der Waals surface area contributed by atoms with Gasteiger partial charge in [-0.3, -0.25) is 9.29 Å². The lowest BCUT2D eigenvalue weighted by molar-refractivity contribution is 0.159. The molecule has 1 atom stereocenters. The van der Waals surface area contributed by atoms with Gasteiger partial charge in [-0.1, -0.05) is 5.16 Å². The molecule has 1 aromatic heterocycles. The van der Waals surface area contributed by atoms with E-state index in [-0.39, 0.29) is 6.10 Å². The number of aryl methyl sites for hydroxylation is 1. The quantitative estimate of drug-likeness (QED) is 0.327. The van der Waals surface area contributed by atoms with E-state index in [2.05, 4.69) is 16.2 Å². The third kappa shape index (κ3) is 5.21. The van der Waals surface area contributed by atoms with Crippen molar-refractivity contribution in [3.63, 3.8) is 0 Å². The van der Waals surface area contributed by atoms with Gasteiger partial charge in [-0.15, -0.1) is 0 Å². The fraction of sp³-hybridized carbons (Fsp3) is 0.478. The molecule has 2 aliphatic heterocycles. The van der Waals surface area contributed by atoms with Crippen LogP contribution in [-0.4, -0.2) is 56.3 Å². The van der Waals surface area contributed by atoms with Crippen molar-refractivity contribution >= 4 is 22.1 Å². The van der Waals surface area contributed by atoms with Crippen molar-refractivity contribution in [2.45, 2.75) is 45.1 Å². The van der Waals surface area contributed by atoms with Crippen molar-refractivity contribution in [1.82, 2.24) is 9.29 Å². The van der Waals surface area contributed by atoms with E-state index in [1.54, 1.807) is 35.0 Å². The second-order valence-electron chi connectivity index (χ2n) is 7.98. The fourth-order valence-corrected chi connectivity index (χ4v) is 5.80. The molecule has 32 heavy (non-hydrogen) atoms. The molecule has 0 aliphatic carbocycles. The Morgan fingerprint density at radius 1 is 1.22 bits per heavy atom. The number of hydrogen-bond donors (Lipinski definition) is 0. The van der Waals surface area contributed by atoms with E-state index in [1.807, 2.05) is 19.1 Å². The maximum Gasteiger partial charge on any atom is 0.304 e. The van der Waals surface area contributed by atoms with E-state index in [1.165, 1.54) is 9.87 Å². The van der Waals surface area contributed by atoms with Crippen molar-refractivity contribution in [3.8, 4) is 5.75 Å². The van der Waals surface area contributed by atoms with E-state index in [9.17, 15) is 8.42 Å². The fourth-order valence-electron chi connectivity index (χ4n) is 4.15. The SMILES string of the molecule is CCON=Cc1ccc2c(c1)CCC(CCCCN1CCN(c3ccncc3)S1(=O)=O)O2. The van der Waals surface area contributed by atoms with E-state index in [0.717, 1.165) is 43.4 Å².